The van der Waals surface area contributed by atoms with Crippen LogP contribution < -0.4 is 14.8 Å². The average Bonchev–Trinajstić information content (AvgIpc) is 2.92. The van der Waals surface area contributed by atoms with Gasteiger partial charge in [0.25, 0.3) is 0 Å². The standard InChI is InChI=1S/C30H29ClN2O2Si/c1-23(27-17-9-11-19-29(27)34)32-21-22-33-24(2)28-18-10-12-20-30(28)35-36(31,25-13-5-3-6-14-25)26-15-7-4-8-16-26/h3-20,34H,21-22H2,1-2H3. The number of hydrogen-bond acceptors (Lipinski definition) is 4. The number of nitrogens with zero attached hydrogens (tertiary/aromatic N) is 2. The summed E-state index contributed by atoms with van der Waals surface area (Å²) in [6.07, 6.45) is 0. The third-order valence-corrected chi connectivity index (χ3v) is 10.1. The molecule has 0 heterocycles. The van der Waals surface area contributed by atoms with E-state index in [1.165, 1.54) is 0 Å². The topological polar surface area (TPSA) is 54.2 Å². The molecular weight excluding hydrogens is 484 g/mol. The van der Waals surface area contributed by atoms with E-state index in [0.29, 0.717) is 18.8 Å². The van der Waals surface area contributed by atoms with Gasteiger partial charge in [-0.3, -0.25) is 9.98 Å². The minimum Gasteiger partial charge on any atom is -0.522 e. The van der Waals surface area contributed by atoms with Crippen LogP contribution in [-0.2, 0) is 0 Å². The molecule has 4 nitrogen and oxygen atoms in total. The minimum atomic E-state index is -3.04. The van der Waals surface area contributed by atoms with Crippen LogP contribution in [0.1, 0.15) is 25.0 Å². The average molecular weight is 513 g/mol. The molecule has 36 heavy (non-hydrogen) atoms. The number of aliphatic imine (C=N–C) groups is 2. The van der Waals surface area contributed by atoms with Crippen LogP contribution in [0.2, 0.25) is 0 Å². The highest BCUT2D eigenvalue weighted by atomic mass is 35.6. The Labute approximate surface area is 218 Å². The normalized spacial score (nSPS) is 12.4. The molecule has 0 aliphatic heterocycles. The summed E-state index contributed by atoms with van der Waals surface area (Å²) in [5, 5.41) is 12.0. The van der Waals surface area contributed by atoms with Crippen LogP contribution in [-0.4, -0.2) is 37.2 Å². The van der Waals surface area contributed by atoms with Crippen molar-refractivity contribution in [1.82, 2.24) is 0 Å². The van der Waals surface area contributed by atoms with E-state index in [0.717, 1.165) is 32.9 Å². The van der Waals surface area contributed by atoms with Crippen LogP contribution in [0, 0.1) is 0 Å². The van der Waals surface area contributed by atoms with Gasteiger partial charge >= 0.3 is 7.63 Å². The maximum atomic E-state index is 10.0. The van der Waals surface area contributed by atoms with Crippen LogP contribution in [0.15, 0.2) is 119 Å². The van der Waals surface area contributed by atoms with Crippen molar-refractivity contribution < 1.29 is 9.53 Å². The van der Waals surface area contributed by atoms with E-state index in [1.54, 1.807) is 12.1 Å². The van der Waals surface area contributed by atoms with E-state index in [9.17, 15) is 5.11 Å². The summed E-state index contributed by atoms with van der Waals surface area (Å²) in [5.41, 5.74) is 3.29. The molecule has 0 saturated carbocycles. The van der Waals surface area contributed by atoms with Crippen LogP contribution in [0.4, 0.5) is 0 Å². The molecule has 0 atom stereocenters. The Morgan fingerprint density at radius 2 is 1.11 bits per heavy atom. The van der Waals surface area contributed by atoms with Gasteiger partial charge in [-0.15, -0.1) is 11.1 Å². The number of hydrogen-bond donors (Lipinski definition) is 1. The van der Waals surface area contributed by atoms with E-state index in [2.05, 4.69) is 4.99 Å². The van der Waals surface area contributed by atoms with Crippen molar-refractivity contribution in [1.29, 1.82) is 0 Å². The molecule has 4 aromatic carbocycles. The largest absolute Gasteiger partial charge is 0.522 e. The highest BCUT2D eigenvalue weighted by Gasteiger charge is 2.40. The van der Waals surface area contributed by atoms with Crippen LogP contribution in [0.5, 0.6) is 11.5 Å². The molecule has 4 rings (SSSR count). The van der Waals surface area contributed by atoms with Gasteiger partial charge in [0, 0.05) is 22.6 Å². The number of halogens is 1. The highest BCUT2D eigenvalue weighted by molar-refractivity contribution is 7.31. The zero-order valence-electron chi connectivity index (χ0n) is 20.4. The van der Waals surface area contributed by atoms with Gasteiger partial charge in [-0.05, 0) is 48.5 Å². The van der Waals surface area contributed by atoms with Gasteiger partial charge in [0.05, 0.1) is 13.1 Å². The fourth-order valence-corrected chi connectivity index (χ4v) is 7.28. The molecule has 0 spiro atoms. The first-order valence-electron chi connectivity index (χ1n) is 11.9. The van der Waals surface area contributed by atoms with Crippen LogP contribution in [0.25, 0.3) is 0 Å². The Morgan fingerprint density at radius 1 is 0.667 bits per heavy atom. The molecule has 0 unspecified atom stereocenters. The SMILES string of the molecule is CC(=NCCN=C(C)c1ccccc1O[Si](Cl)(c1ccccc1)c1ccccc1)c1ccccc1O. The molecular formula is C30H29ClN2O2Si. The summed E-state index contributed by atoms with van der Waals surface area (Å²) >= 11 is 7.37. The first-order chi connectivity index (χ1) is 17.5. The Hall–Kier alpha value is -3.67. The highest BCUT2D eigenvalue weighted by Crippen LogP contribution is 2.25. The van der Waals surface area contributed by atoms with Crippen molar-refractivity contribution >= 4 is 40.5 Å². The monoisotopic (exact) mass is 512 g/mol. The number of rotatable bonds is 9. The maximum absolute atomic E-state index is 10.0. The van der Waals surface area contributed by atoms with Crippen molar-refractivity contribution in [3.8, 4) is 11.5 Å². The van der Waals surface area contributed by atoms with E-state index in [4.69, 9.17) is 20.5 Å². The smallest absolute Gasteiger partial charge is 0.414 e. The second kappa shape index (κ2) is 11.8. The van der Waals surface area contributed by atoms with Crippen molar-refractivity contribution in [2.45, 2.75) is 13.8 Å². The molecule has 1 N–H and O–H groups in total. The van der Waals surface area contributed by atoms with Gasteiger partial charge in [0.15, 0.2) is 0 Å². The molecule has 0 aliphatic rings. The number of phenolic OH excluding ortho intramolecular Hbond substituents is 1. The van der Waals surface area contributed by atoms with Crippen molar-refractivity contribution in [3.63, 3.8) is 0 Å². The predicted molar refractivity (Wildman–Crippen MR) is 153 cm³/mol. The predicted octanol–water partition coefficient (Wildman–Crippen LogP) is 5.58. The lowest BCUT2D eigenvalue weighted by atomic mass is 10.1. The van der Waals surface area contributed by atoms with E-state index < -0.39 is 7.63 Å². The lowest BCUT2D eigenvalue weighted by Gasteiger charge is -2.27. The van der Waals surface area contributed by atoms with Gasteiger partial charge in [-0.25, -0.2) is 0 Å². The molecule has 0 bridgehead atoms. The minimum absolute atomic E-state index is 0.232. The molecule has 0 saturated heterocycles. The van der Waals surface area contributed by atoms with Crippen molar-refractivity contribution in [2.75, 3.05) is 13.1 Å². The second-order valence-corrected chi connectivity index (χ2v) is 12.5. The molecule has 6 heteroatoms. The Bertz CT molecular complexity index is 1320. The lowest BCUT2D eigenvalue weighted by molar-refractivity contribution is 0.474. The number of para-hydroxylation sites is 2. The number of aromatic hydroxyl groups is 1. The van der Waals surface area contributed by atoms with Crippen LogP contribution >= 0.6 is 11.1 Å². The number of benzene rings is 4. The summed E-state index contributed by atoms with van der Waals surface area (Å²) in [6.45, 7) is 4.91. The Morgan fingerprint density at radius 3 is 1.67 bits per heavy atom. The molecule has 0 radical (unpaired) electrons. The summed E-state index contributed by atoms with van der Waals surface area (Å²) in [6, 6.07) is 35.1. The maximum Gasteiger partial charge on any atom is 0.414 e. The molecule has 0 aromatic heterocycles. The zero-order chi connectivity index (χ0) is 25.4. The third-order valence-electron chi connectivity index (χ3n) is 5.91. The summed E-state index contributed by atoms with van der Waals surface area (Å²) < 4.78 is 6.71. The van der Waals surface area contributed by atoms with Crippen molar-refractivity contribution in [3.05, 3.63) is 120 Å². The second-order valence-electron chi connectivity index (χ2n) is 8.38. The lowest BCUT2D eigenvalue weighted by Crippen LogP contribution is -2.59. The molecule has 182 valence electrons. The molecule has 0 aliphatic carbocycles. The third kappa shape index (κ3) is 5.93. The Kier molecular flexibility index (Phi) is 8.36. The fraction of sp³-hybridized carbons (Fsp3) is 0.133. The van der Waals surface area contributed by atoms with Crippen LogP contribution in [0.3, 0.4) is 0 Å². The van der Waals surface area contributed by atoms with Gasteiger partial charge < -0.3 is 9.53 Å². The first kappa shape index (κ1) is 25.4. The summed E-state index contributed by atoms with van der Waals surface area (Å²) in [5.74, 6) is 0.942. The van der Waals surface area contributed by atoms with E-state index in [1.807, 2.05) is 111 Å². The molecule has 0 fully saturated rings. The van der Waals surface area contributed by atoms with Gasteiger partial charge in [-0.1, -0.05) is 84.9 Å². The van der Waals surface area contributed by atoms with Gasteiger partial charge in [0.1, 0.15) is 11.5 Å². The van der Waals surface area contributed by atoms with Crippen molar-refractivity contribution in [2.24, 2.45) is 9.98 Å². The number of phenols is 1. The van der Waals surface area contributed by atoms with Gasteiger partial charge in [0.2, 0.25) is 0 Å². The molecule has 0 amide bonds. The zero-order valence-corrected chi connectivity index (χ0v) is 22.2. The fourth-order valence-electron chi connectivity index (χ4n) is 3.98. The summed E-state index contributed by atoms with van der Waals surface area (Å²) in [4.78, 5) is 9.34. The van der Waals surface area contributed by atoms with E-state index >= 15 is 0 Å². The summed E-state index contributed by atoms with van der Waals surface area (Å²) in [7, 11) is -3.04. The molecule has 4 aromatic rings. The quantitative estimate of drug-likeness (QED) is 0.138. The van der Waals surface area contributed by atoms with E-state index in [-0.39, 0.29) is 5.75 Å². The van der Waals surface area contributed by atoms with Gasteiger partial charge in [-0.2, -0.15) is 0 Å². The Balaban J connectivity index is 1.57. The first-order valence-corrected chi connectivity index (χ1v) is 14.8.